The number of benzene rings is 1. The Bertz CT molecular complexity index is 649. The van der Waals surface area contributed by atoms with Crippen LogP contribution in [-0.4, -0.2) is 15.6 Å². The van der Waals surface area contributed by atoms with Gasteiger partial charge >= 0.3 is 0 Å². The monoisotopic (exact) mass is 388 g/mol. The van der Waals surface area contributed by atoms with Crippen LogP contribution in [0.25, 0.3) is 0 Å². The van der Waals surface area contributed by atoms with Crippen LogP contribution in [0.15, 0.2) is 18.2 Å². The Morgan fingerprint density at radius 2 is 2.11 bits per heavy atom. The molecule has 0 atom stereocenters. The van der Waals surface area contributed by atoms with Gasteiger partial charge in [-0.3, -0.25) is 9.48 Å². The fourth-order valence-corrected chi connectivity index (χ4v) is 2.89. The molecule has 0 aliphatic carbocycles. The molecule has 100 valence electrons. The van der Waals surface area contributed by atoms with E-state index in [0.29, 0.717) is 5.15 Å². The van der Waals surface area contributed by atoms with Gasteiger partial charge in [0.15, 0.2) is 5.78 Å². The van der Waals surface area contributed by atoms with Gasteiger partial charge in [0.1, 0.15) is 5.15 Å². The molecule has 1 aromatic heterocycles. The van der Waals surface area contributed by atoms with Crippen molar-refractivity contribution in [3.05, 3.63) is 49.3 Å². The average molecular weight is 389 g/mol. The van der Waals surface area contributed by atoms with Gasteiger partial charge in [0.25, 0.3) is 0 Å². The van der Waals surface area contributed by atoms with E-state index in [1.54, 1.807) is 11.7 Å². The molecule has 3 nitrogen and oxygen atoms in total. The minimum absolute atomic E-state index is 0.0751. The van der Waals surface area contributed by atoms with Gasteiger partial charge in [-0.15, -0.1) is 0 Å². The minimum Gasteiger partial charge on any atom is -0.294 e. The Labute approximate surface area is 131 Å². The third-order valence-corrected chi connectivity index (χ3v) is 5.00. The number of aryl methyl sites for hydroxylation is 3. The largest absolute Gasteiger partial charge is 0.294 e. The third kappa shape index (κ3) is 2.84. The summed E-state index contributed by atoms with van der Waals surface area (Å²) in [4.78, 5) is 12.4. The molecule has 0 saturated heterocycles. The van der Waals surface area contributed by atoms with Crippen molar-refractivity contribution in [1.29, 1.82) is 0 Å². The Morgan fingerprint density at radius 1 is 1.42 bits per heavy atom. The maximum absolute atomic E-state index is 12.4. The van der Waals surface area contributed by atoms with Crippen LogP contribution in [0.4, 0.5) is 0 Å². The van der Waals surface area contributed by atoms with Gasteiger partial charge in [-0.25, -0.2) is 0 Å². The normalized spacial score (nSPS) is 10.8. The molecule has 5 heteroatoms. The first-order valence-corrected chi connectivity index (χ1v) is 7.33. The van der Waals surface area contributed by atoms with Crippen LogP contribution in [-0.2, 0) is 13.5 Å². The zero-order chi connectivity index (χ0) is 14.2. The first-order valence-electron chi connectivity index (χ1n) is 5.88. The van der Waals surface area contributed by atoms with Crippen molar-refractivity contribution in [3.8, 4) is 0 Å². The molecular weight excluding hydrogens is 375 g/mol. The number of nitrogens with zero attached hydrogens (tertiary/aromatic N) is 2. The molecule has 0 unspecified atom stereocenters. The van der Waals surface area contributed by atoms with E-state index >= 15 is 0 Å². The minimum atomic E-state index is 0.0751. The van der Waals surface area contributed by atoms with Crippen LogP contribution in [0, 0.1) is 17.4 Å². The lowest BCUT2D eigenvalue weighted by molar-refractivity contribution is 0.0992. The smallest absolute Gasteiger partial charge is 0.168 e. The second-order valence-electron chi connectivity index (χ2n) is 4.51. The molecule has 0 aliphatic rings. The van der Waals surface area contributed by atoms with Crippen molar-refractivity contribution in [2.75, 3.05) is 0 Å². The van der Waals surface area contributed by atoms with Crippen LogP contribution in [0.3, 0.4) is 0 Å². The van der Waals surface area contributed by atoms with Crippen molar-refractivity contribution in [3.63, 3.8) is 0 Å². The molecule has 2 rings (SSSR count). The summed E-state index contributed by atoms with van der Waals surface area (Å²) in [6.45, 7) is 3.87. The predicted octanol–water partition coefficient (Wildman–Crippen LogP) is 3.72. The van der Waals surface area contributed by atoms with Crippen molar-refractivity contribution in [2.45, 2.75) is 20.3 Å². The van der Waals surface area contributed by atoms with Gasteiger partial charge in [0.2, 0.25) is 0 Å². The number of halogens is 2. The standard InChI is InChI=1S/C14H14ClIN2O/c1-8-5-4-6-10(13(8)16)12(19)7-11-9(2)17-18(3)14(11)15/h4-6H,7H2,1-3H3. The fraction of sp³-hybridized carbons (Fsp3) is 0.286. The van der Waals surface area contributed by atoms with Crippen LogP contribution < -0.4 is 0 Å². The molecule has 1 aromatic carbocycles. The van der Waals surface area contributed by atoms with E-state index in [1.807, 2.05) is 32.0 Å². The maximum Gasteiger partial charge on any atom is 0.168 e. The molecule has 1 heterocycles. The van der Waals surface area contributed by atoms with E-state index in [1.165, 1.54) is 0 Å². The Hall–Kier alpha value is -0.880. The topological polar surface area (TPSA) is 34.9 Å². The molecule has 0 N–H and O–H groups in total. The lowest BCUT2D eigenvalue weighted by atomic mass is 10.0. The lowest BCUT2D eigenvalue weighted by Gasteiger charge is -2.06. The molecular formula is C14H14ClIN2O. The molecule has 0 bridgehead atoms. The number of ketones is 1. The van der Waals surface area contributed by atoms with E-state index in [2.05, 4.69) is 27.7 Å². The van der Waals surface area contributed by atoms with E-state index < -0.39 is 0 Å². The summed E-state index contributed by atoms with van der Waals surface area (Å²) in [6, 6.07) is 5.76. The van der Waals surface area contributed by atoms with Gasteiger partial charge in [-0.1, -0.05) is 29.8 Å². The zero-order valence-electron chi connectivity index (χ0n) is 11.0. The molecule has 2 aromatic rings. The zero-order valence-corrected chi connectivity index (χ0v) is 13.9. The second kappa shape index (κ2) is 5.63. The van der Waals surface area contributed by atoms with E-state index in [9.17, 15) is 4.79 Å². The number of hydrogen-bond acceptors (Lipinski definition) is 2. The van der Waals surface area contributed by atoms with Crippen LogP contribution >= 0.6 is 34.2 Å². The Balaban J connectivity index is 2.34. The van der Waals surface area contributed by atoms with Crippen LogP contribution in [0.5, 0.6) is 0 Å². The highest BCUT2D eigenvalue weighted by Gasteiger charge is 2.18. The second-order valence-corrected chi connectivity index (χ2v) is 5.95. The number of carbonyl (C=O) groups is 1. The van der Waals surface area contributed by atoms with Gasteiger partial charge in [0, 0.05) is 28.2 Å². The number of hydrogen-bond donors (Lipinski definition) is 0. The van der Waals surface area contributed by atoms with Gasteiger partial charge in [-0.2, -0.15) is 5.10 Å². The summed E-state index contributed by atoms with van der Waals surface area (Å²) in [5.41, 5.74) is 3.48. The van der Waals surface area contributed by atoms with Crippen LogP contribution in [0.2, 0.25) is 5.15 Å². The summed E-state index contributed by atoms with van der Waals surface area (Å²) in [5.74, 6) is 0.0751. The number of rotatable bonds is 3. The average Bonchev–Trinajstić information content (AvgIpc) is 2.59. The molecule has 0 fully saturated rings. The quantitative estimate of drug-likeness (QED) is 0.593. The summed E-state index contributed by atoms with van der Waals surface area (Å²) in [7, 11) is 1.78. The molecule has 0 amide bonds. The highest BCUT2D eigenvalue weighted by Crippen LogP contribution is 2.23. The summed E-state index contributed by atoms with van der Waals surface area (Å²) >= 11 is 8.37. The first-order chi connectivity index (χ1) is 8.91. The van der Waals surface area contributed by atoms with Crippen molar-refractivity contribution >= 4 is 40.0 Å². The van der Waals surface area contributed by atoms with Crippen molar-refractivity contribution in [1.82, 2.24) is 9.78 Å². The van der Waals surface area contributed by atoms with E-state index in [0.717, 1.165) is 26.0 Å². The molecule has 19 heavy (non-hydrogen) atoms. The molecule has 0 saturated carbocycles. The van der Waals surface area contributed by atoms with Crippen LogP contribution in [0.1, 0.15) is 27.2 Å². The van der Waals surface area contributed by atoms with E-state index in [4.69, 9.17) is 11.6 Å². The van der Waals surface area contributed by atoms with Gasteiger partial charge in [0.05, 0.1) is 5.69 Å². The lowest BCUT2D eigenvalue weighted by Crippen LogP contribution is -2.07. The number of aromatic nitrogens is 2. The predicted molar refractivity (Wildman–Crippen MR) is 84.9 cm³/mol. The highest BCUT2D eigenvalue weighted by molar-refractivity contribution is 14.1. The number of Topliss-reactive ketones (excluding diaryl/α,β-unsaturated/α-hetero) is 1. The van der Waals surface area contributed by atoms with Crippen molar-refractivity contribution < 1.29 is 4.79 Å². The SMILES string of the molecule is Cc1cccc(C(=O)Cc2c(C)nn(C)c2Cl)c1I. The number of carbonyl (C=O) groups excluding carboxylic acids is 1. The Morgan fingerprint density at radius 3 is 2.68 bits per heavy atom. The molecule has 0 radical (unpaired) electrons. The Kier molecular flexibility index (Phi) is 4.30. The summed E-state index contributed by atoms with van der Waals surface area (Å²) < 4.78 is 2.60. The maximum atomic E-state index is 12.4. The van der Waals surface area contributed by atoms with Gasteiger partial charge < -0.3 is 0 Å². The van der Waals surface area contributed by atoms with Crippen molar-refractivity contribution in [2.24, 2.45) is 7.05 Å². The van der Waals surface area contributed by atoms with Gasteiger partial charge in [-0.05, 0) is 42.0 Å². The third-order valence-electron chi connectivity index (χ3n) is 3.10. The molecule has 0 aliphatic heterocycles. The van der Waals surface area contributed by atoms with E-state index in [-0.39, 0.29) is 12.2 Å². The fourth-order valence-electron chi connectivity index (χ4n) is 1.99. The molecule has 0 spiro atoms. The first kappa shape index (κ1) is 14.5. The summed E-state index contributed by atoms with van der Waals surface area (Å²) in [6.07, 6.45) is 0.290. The highest BCUT2D eigenvalue weighted by atomic mass is 127. The summed E-state index contributed by atoms with van der Waals surface area (Å²) in [5, 5.41) is 4.76.